The maximum absolute atomic E-state index is 12.8. The van der Waals surface area contributed by atoms with Gasteiger partial charge in [0.25, 0.3) is 0 Å². The van der Waals surface area contributed by atoms with E-state index in [-0.39, 0.29) is 17.3 Å². The second-order valence-electron chi connectivity index (χ2n) is 6.16. The van der Waals surface area contributed by atoms with Crippen LogP contribution in [0, 0.1) is 6.92 Å². The van der Waals surface area contributed by atoms with Gasteiger partial charge >= 0.3 is 12.3 Å². The Hall–Kier alpha value is -3.07. The van der Waals surface area contributed by atoms with Crippen molar-refractivity contribution in [2.24, 2.45) is 5.73 Å². The minimum absolute atomic E-state index is 0.0277. The molecule has 3 rings (SSSR count). The number of carbonyl (C=O) groups excluding carboxylic acids is 1. The second-order valence-corrected chi connectivity index (χ2v) is 6.56. The van der Waals surface area contributed by atoms with Crippen LogP contribution in [0.1, 0.15) is 29.0 Å². The van der Waals surface area contributed by atoms with Gasteiger partial charge in [-0.1, -0.05) is 29.8 Å². The summed E-state index contributed by atoms with van der Waals surface area (Å²) in [5.74, 6) is 0.548. The Kier molecular flexibility index (Phi) is 5.78. The van der Waals surface area contributed by atoms with Crippen LogP contribution in [0.5, 0.6) is 0 Å². The lowest BCUT2D eigenvalue weighted by atomic mass is 9.98. The smallest absolute Gasteiger partial charge is 0.416 e. The number of rotatable bonds is 5. The quantitative estimate of drug-likeness (QED) is 0.614. The molecule has 0 fully saturated rings. The lowest BCUT2D eigenvalue weighted by molar-refractivity contribution is -0.137. The number of aromatic nitrogens is 2. The fraction of sp³-hybridized carbons (Fsp3) is 0.211. The number of carbonyl (C=O) groups is 1. The number of halogens is 4. The minimum Gasteiger partial charge on any atom is -0.441 e. The van der Waals surface area contributed by atoms with Crippen LogP contribution in [-0.4, -0.2) is 16.3 Å². The third kappa shape index (κ3) is 5.05. The van der Waals surface area contributed by atoms with Crippen molar-refractivity contribution in [3.8, 4) is 11.1 Å². The van der Waals surface area contributed by atoms with Gasteiger partial charge < -0.3 is 14.9 Å². The van der Waals surface area contributed by atoms with Gasteiger partial charge in [0.2, 0.25) is 11.8 Å². The van der Waals surface area contributed by atoms with Crippen LogP contribution in [-0.2, 0) is 17.3 Å². The SMILES string of the molecule is Cc1nnc(CC(OC(N)=O)c2cc(-c3ccc(C(F)(F)F)cc3)ccc2Cl)o1. The van der Waals surface area contributed by atoms with Gasteiger partial charge in [-0.05, 0) is 35.4 Å². The molecule has 1 atom stereocenters. The van der Waals surface area contributed by atoms with E-state index in [9.17, 15) is 18.0 Å². The number of primary amides is 1. The fourth-order valence-corrected chi connectivity index (χ4v) is 2.99. The van der Waals surface area contributed by atoms with Crippen molar-refractivity contribution < 1.29 is 27.1 Å². The topological polar surface area (TPSA) is 91.2 Å². The number of alkyl halides is 3. The number of nitrogens with zero attached hydrogens (tertiary/aromatic N) is 2. The Bertz CT molecular complexity index is 1020. The van der Waals surface area contributed by atoms with E-state index < -0.39 is 23.9 Å². The number of benzene rings is 2. The highest BCUT2D eigenvalue weighted by molar-refractivity contribution is 6.31. The van der Waals surface area contributed by atoms with Gasteiger partial charge in [0.05, 0.1) is 12.0 Å². The van der Waals surface area contributed by atoms with E-state index in [4.69, 9.17) is 26.5 Å². The maximum atomic E-state index is 12.8. The fourth-order valence-electron chi connectivity index (χ4n) is 2.76. The van der Waals surface area contributed by atoms with E-state index in [1.807, 2.05) is 0 Å². The Morgan fingerprint density at radius 1 is 1.17 bits per heavy atom. The molecular weight excluding hydrogens is 411 g/mol. The summed E-state index contributed by atoms with van der Waals surface area (Å²) in [7, 11) is 0. The molecular formula is C19H15ClF3N3O3. The first-order chi connectivity index (χ1) is 13.6. The van der Waals surface area contributed by atoms with E-state index >= 15 is 0 Å². The molecule has 152 valence electrons. The van der Waals surface area contributed by atoms with Crippen LogP contribution in [0.25, 0.3) is 11.1 Å². The third-order valence-electron chi connectivity index (χ3n) is 4.07. The van der Waals surface area contributed by atoms with Crippen molar-refractivity contribution >= 4 is 17.7 Å². The summed E-state index contributed by atoms with van der Waals surface area (Å²) in [4.78, 5) is 11.4. The van der Waals surface area contributed by atoms with Crippen LogP contribution >= 0.6 is 11.6 Å². The molecule has 2 N–H and O–H groups in total. The standard InChI is InChI=1S/C19H15ClF3N3O3/c1-10-25-26-17(28-10)9-16(29-18(24)27)14-8-12(4-7-15(14)20)11-2-5-13(6-3-11)19(21,22)23/h2-8,16H,9H2,1H3,(H2,24,27). The van der Waals surface area contributed by atoms with Gasteiger partial charge in [0, 0.05) is 17.5 Å². The van der Waals surface area contributed by atoms with Gasteiger partial charge in [0.15, 0.2) is 0 Å². The molecule has 3 aromatic rings. The summed E-state index contributed by atoms with van der Waals surface area (Å²) in [6.45, 7) is 1.61. The summed E-state index contributed by atoms with van der Waals surface area (Å²) in [5.41, 5.74) is 5.93. The Balaban J connectivity index is 1.95. The molecule has 0 spiro atoms. The third-order valence-corrected chi connectivity index (χ3v) is 4.42. The first kappa shape index (κ1) is 20.7. The minimum atomic E-state index is -4.42. The van der Waals surface area contributed by atoms with E-state index in [1.54, 1.807) is 25.1 Å². The molecule has 0 saturated heterocycles. The average molecular weight is 426 g/mol. The Morgan fingerprint density at radius 3 is 2.38 bits per heavy atom. The van der Waals surface area contributed by atoms with Crippen LogP contribution in [0.3, 0.4) is 0 Å². The first-order valence-electron chi connectivity index (χ1n) is 8.35. The molecule has 0 saturated carbocycles. The molecule has 1 amide bonds. The molecule has 0 bridgehead atoms. The zero-order chi connectivity index (χ0) is 21.2. The normalized spacial score (nSPS) is 12.6. The number of hydrogen-bond acceptors (Lipinski definition) is 5. The van der Waals surface area contributed by atoms with Crippen LogP contribution < -0.4 is 5.73 Å². The molecule has 6 nitrogen and oxygen atoms in total. The summed E-state index contributed by atoms with van der Waals surface area (Å²) in [5, 5.41) is 7.86. The molecule has 1 heterocycles. The maximum Gasteiger partial charge on any atom is 0.416 e. The second kappa shape index (κ2) is 8.12. The van der Waals surface area contributed by atoms with Crippen molar-refractivity contribution in [1.82, 2.24) is 10.2 Å². The highest BCUT2D eigenvalue weighted by atomic mass is 35.5. The predicted molar refractivity (Wildman–Crippen MR) is 98.0 cm³/mol. The van der Waals surface area contributed by atoms with Crippen LogP contribution in [0.15, 0.2) is 46.9 Å². The van der Waals surface area contributed by atoms with Crippen molar-refractivity contribution in [2.75, 3.05) is 0 Å². The largest absolute Gasteiger partial charge is 0.441 e. The molecule has 0 radical (unpaired) electrons. The van der Waals surface area contributed by atoms with Crippen LogP contribution in [0.2, 0.25) is 5.02 Å². The summed E-state index contributed by atoms with van der Waals surface area (Å²) >= 11 is 6.27. The van der Waals surface area contributed by atoms with Crippen molar-refractivity contribution in [3.05, 3.63) is 70.4 Å². The van der Waals surface area contributed by atoms with Crippen LogP contribution in [0.4, 0.5) is 18.0 Å². The number of ether oxygens (including phenoxy) is 1. The lowest BCUT2D eigenvalue weighted by Crippen LogP contribution is -2.19. The number of amides is 1. The highest BCUT2D eigenvalue weighted by Crippen LogP contribution is 2.34. The van der Waals surface area contributed by atoms with Gasteiger partial charge in [0.1, 0.15) is 6.10 Å². The molecule has 2 aromatic carbocycles. The molecule has 0 aliphatic heterocycles. The van der Waals surface area contributed by atoms with E-state index in [1.165, 1.54) is 12.1 Å². The van der Waals surface area contributed by atoms with Crippen molar-refractivity contribution in [1.29, 1.82) is 0 Å². The Labute approximate surface area is 168 Å². The van der Waals surface area contributed by atoms with Crippen molar-refractivity contribution in [3.63, 3.8) is 0 Å². The summed E-state index contributed by atoms with van der Waals surface area (Å²) < 4.78 is 48.8. The highest BCUT2D eigenvalue weighted by Gasteiger charge is 2.30. The van der Waals surface area contributed by atoms with E-state index in [2.05, 4.69) is 10.2 Å². The molecule has 0 aliphatic rings. The summed E-state index contributed by atoms with van der Waals surface area (Å²) in [6, 6.07) is 9.49. The van der Waals surface area contributed by atoms with Crippen molar-refractivity contribution in [2.45, 2.75) is 25.6 Å². The first-order valence-corrected chi connectivity index (χ1v) is 8.73. The number of nitrogens with two attached hydrogens (primary N) is 1. The molecule has 0 aliphatic carbocycles. The molecule has 1 unspecified atom stereocenters. The molecule has 1 aromatic heterocycles. The molecule has 29 heavy (non-hydrogen) atoms. The van der Waals surface area contributed by atoms with Gasteiger partial charge in [-0.3, -0.25) is 0 Å². The monoisotopic (exact) mass is 425 g/mol. The van der Waals surface area contributed by atoms with Gasteiger partial charge in [-0.15, -0.1) is 10.2 Å². The van der Waals surface area contributed by atoms with Gasteiger partial charge in [-0.25, -0.2) is 4.79 Å². The zero-order valence-corrected chi connectivity index (χ0v) is 15.8. The van der Waals surface area contributed by atoms with E-state index in [0.29, 0.717) is 22.6 Å². The zero-order valence-electron chi connectivity index (χ0n) is 15.0. The average Bonchev–Trinajstić information content (AvgIpc) is 3.05. The molecule has 10 heteroatoms. The lowest BCUT2D eigenvalue weighted by Gasteiger charge is -2.18. The summed E-state index contributed by atoms with van der Waals surface area (Å²) in [6.07, 6.45) is -6.34. The van der Waals surface area contributed by atoms with Gasteiger partial charge in [-0.2, -0.15) is 13.2 Å². The Morgan fingerprint density at radius 2 is 1.83 bits per heavy atom. The van der Waals surface area contributed by atoms with E-state index in [0.717, 1.165) is 12.1 Å². The predicted octanol–water partition coefficient (Wildman–Crippen LogP) is 5.10. The number of hydrogen-bond donors (Lipinski definition) is 1. The number of aryl methyl sites for hydroxylation is 1.